The summed E-state index contributed by atoms with van der Waals surface area (Å²) in [5.41, 5.74) is 20.8. The number of hydrogen-bond donors (Lipinski definition) is 0. The Morgan fingerprint density at radius 2 is 0.458 bits per heavy atom. The first-order chi connectivity index (χ1) is 35.8. The standard InChI is InChI=1S/C62H40N10/c1-5-13-41(14-6-1)57-51(45-27-65-37-66-28-45)25-53(59(47-31-69-39-70-32-47)61(57)43-17-9-3-10-18-43)55-35-63-23-21-49(55)50-22-24-64-36-56(50)54-26-52(46-29-67-38-68-30-46)58(42-15-7-2-8-16-42)62(44-19-11-4-12-20-44)60(54)48-33-71-40-72-34-48/h1-40H. The highest BCUT2D eigenvalue weighted by Gasteiger charge is 2.29. The third-order valence-electron chi connectivity index (χ3n) is 12.9. The first-order valence-electron chi connectivity index (χ1n) is 23.3. The maximum absolute atomic E-state index is 4.89. The minimum Gasteiger partial charge on any atom is -0.264 e. The van der Waals surface area contributed by atoms with Crippen LogP contribution in [0.4, 0.5) is 0 Å². The van der Waals surface area contributed by atoms with Gasteiger partial charge in [-0.3, -0.25) is 9.97 Å². The molecule has 0 bridgehead atoms. The molecule has 0 amide bonds. The van der Waals surface area contributed by atoms with Crippen molar-refractivity contribution in [2.45, 2.75) is 0 Å². The van der Waals surface area contributed by atoms with Gasteiger partial charge in [0.25, 0.3) is 0 Å². The second-order valence-corrected chi connectivity index (χ2v) is 17.0. The van der Waals surface area contributed by atoms with E-state index in [1.807, 2.05) is 98.6 Å². The molecule has 10 nitrogen and oxygen atoms in total. The van der Waals surface area contributed by atoms with Crippen LogP contribution in [0.3, 0.4) is 0 Å². The van der Waals surface area contributed by atoms with Crippen molar-refractivity contribution in [2.24, 2.45) is 0 Å². The number of pyridine rings is 2. The molecule has 6 aromatic carbocycles. The lowest BCUT2D eigenvalue weighted by Gasteiger charge is -2.26. The first-order valence-corrected chi connectivity index (χ1v) is 23.3. The number of nitrogens with zero attached hydrogens (tertiary/aromatic N) is 10. The zero-order chi connectivity index (χ0) is 48.1. The lowest BCUT2D eigenvalue weighted by atomic mass is 9.77. The number of benzene rings is 6. The Labute approximate surface area is 415 Å². The van der Waals surface area contributed by atoms with Gasteiger partial charge >= 0.3 is 0 Å². The fraction of sp³-hybridized carbons (Fsp3) is 0. The van der Waals surface area contributed by atoms with Crippen LogP contribution in [0.2, 0.25) is 0 Å². The molecule has 72 heavy (non-hydrogen) atoms. The predicted octanol–water partition coefficient (Wildman–Crippen LogP) is 14.0. The van der Waals surface area contributed by atoms with Crippen LogP contribution in [0, 0.1) is 0 Å². The topological polar surface area (TPSA) is 129 Å². The third kappa shape index (κ3) is 8.14. The fourth-order valence-corrected chi connectivity index (χ4v) is 9.86. The summed E-state index contributed by atoms with van der Waals surface area (Å²) in [6.45, 7) is 0. The van der Waals surface area contributed by atoms with Crippen molar-refractivity contribution in [1.29, 1.82) is 0 Å². The number of rotatable bonds is 11. The van der Waals surface area contributed by atoms with Gasteiger partial charge in [-0.1, -0.05) is 121 Å². The highest BCUT2D eigenvalue weighted by Crippen LogP contribution is 2.54. The lowest BCUT2D eigenvalue weighted by Crippen LogP contribution is -2.01. The molecule has 0 unspecified atom stereocenters. The Kier molecular flexibility index (Phi) is 11.7. The van der Waals surface area contributed by atoms with Gasteiger partial charge in [-0.15, -0.1) is 0 Å². The van der Waals surface area contributed by atoms with Crippen molar-refractivity contribution in [3.63, 3.8) is 0 Å². The SMILES string of the molecule is c1ccc(-c2c(-c3cncnc3)cc(-c3cnccc3-c3ccncc3-c3cc(-c4cncnc4)c(-c4ccccc4)c(-c4ccccc4)c3-c3cncnc3)c(-c3cncnc3)c2-c2ccccc2)cc1. The minimum absolute atomic E-state index is 0.842. The van der Waals surface area contributed by atoms with Crippen LogP contribution < -0.4 is 0 Å². The average Bonchev–Trinajstić information content (AvgIpc) is 3.48. The van der Waals surface area contributed by atoms with Crippen molar-refractivity contribution in [3.8, 4) is 122 Å². The second-order valence-electron chi connectivity index (χ2n) is 17.0. The smallest absolute Gasteiger partial charge is 0.115 e. The molecule has 6 aromatic heterocycles. The van der Waals surface area contributed by atoms with E-state index in [0.717, 1.165) is 122 Å². The Morgan fingerprint density at radius 1 is 0.181 bits per heavy atom. The summed E-state index contributed by atoms with van der Waals surface area (Å²) in [5.74, 6) is 0. The molecular formula is C62H40N10. The van der Waals surface area contributed by atoms with Gasteiger partial charge in [0.05, 0.1) is 0 Å². The summed E-state index contributed by atoms with van der Waals surface area (Å²) in [6, 6.07) is 50.6. The molecule has 0 atom stereocenters. The molecule has 0 fully saturated rings. The first kappa shape index (κ1) is 43.2. The molecule has 6 heterocycles. The van der Waals surface area contributed by atoms with Crippen LogP contribution in [-0.2, 0) is 0 Å². The summed E-state index contributed by atoms with van der Waals surface area (Å²) in [7, 11) is 0. The molecule has 0 aliphatic heterocycles. The largest absolute Gasteiger partial charge is 0.264 e. The predicted molar refractivity (Wildman–Crippen MR) is 284 cm³/mol. The van der Waals surface area contributed by atoms with E-state index in [9.17, 15) is 0 Å². The highest BCUT2D eigenvalue weighted by atomic mass is 14.8. The second kappa shape index (κ2) is 19.5. The van der Waals surface area contributed by atoms with E-state index in [-0.39, 0.29) is 0 Å². The van der Waals surface area contributed by atoms with Crippen LogP contribution in [-0.4, -0.2) is 49.8 Å². The summed E-state index contributed by atoms with van der Waals surface area (Å²) < 4.78 is 0. The highest BCUT2D eigenvalue weighted by molar-refractivity contribution is 6.11. The van der Waals surface area contributed by atoms with Crippen molar-refractivity contribution in [3.05, 3.63) is 245 Å². The van der Waals surface area contributed by atoms with Gasteiger partial charge in [-0.05, 0) is 102 Å². The summed E-state index contributed by atoms with van der Waals surface area (Å²) >= 11 is 0. The molecule has 0 aliphatic rings. The Bertz CT molecular complexity index is 3560. The molecule has 0 spiro atoms. The van der Waals surface area contributed by atoms with Gasteiger partial charge in [-0.25, -0.2) is 39.9 Å². The van der Waals surface area contributed by atoms with Crippen molar-refractivity contribution in [1.82, 2.24) is 49.8 Å². The molecule has 0 saturated carbocycles. The van der Waals surface area contributed by atoms with Gasteiger partial charge in [0.15, 0.2) is 0 Å². The van der Waals surface area contributed by atoms with Crippen molar-refractivity contribution in [2.75, 3.05) is 0 Å². The van der Waals surface area contributed by atoms with E-state index in [4.69, 9.17) is 9.97 Å². The number of aromatic nitrogens is 10. The lowest BCUT2D eigenvalue weighted by molar-refractivity contribution is 1.17. The average molecular weight is 925 g/mol. The zero-order valence-electron chi connectivity index (χ0n) is 38.6. The molecule has 338 valence electrons. The van der Waals surface area contributed by atoms with Crippen molar-refractivity contribution >= 4 is 0 Å². The molecule has 12 aromatic rings. The molecule has 0 saturated heterocycles. The Morgan fingerprint density at radius 3 is 0.778 bits per heavy atom. The summed E-state index contributed by atoms with van der Waals surface area (Å²) in [5, 5.41) is 0. The zero-order valence-corrected chi connectivity index (χ0v) is 38.6. The van der Waals surface area contributed by atoms with E-state index >= 15 is 0 Å². The molecule has 0 N–H and O–H groups in total. The maximum atomic E-state index is 4.89. The normalized spacial score (nSPS) is 11.1. The van der Waals surface area contributed by atoms with Crippen LogP contribution in [0.25, 0.3) is 122 Å². The third-order valence-corrected chi connectivity index (χ3v) is 12.9. The summed E-state index contributed by atoms with van der Waals surface area (Å²) in [6.07, 6.45) is 28.9. The molecular weight excluding hydrogens is 885 g/mol. The van der Waals surface area contributed by atoms with Crippen LogP contribution in [0.1, 0.15) is 0 Å². The van der Waals surface area contributed by atoms with E-state index in [1.54, 1.807) is 25.3 Å². The van der Waals surface area contributed by atoms with Crippen LogP contribution >= 0.6 is 0 Å². The quantitative estimate of drug-likeness (QED) is 0.124. The molecule has 12 rings (SSSR count). The molecule has 0 radical (unpaired) electrons. The monoisotopic (exact) mass is 924 g/mol. The van der Waals surface area contributed by atoms with Gasteiger partial charge in [0.2, 0.25) is 0 Å². The van der Waals surface area contributed by atoms with Gasteiger partial charge in [0, 0.05) is 119 Å². The van der Waals surface area contributed by atoms with Crippen LogP contribution in [0.5, 0.6) is 0 Å². The van der Waals surface area contributed by atoms with E-state index < -0.39 is 0 Å². The van der Waals surface area contributed by atoms with E-state index in [1.165, 1.54) is 0 Å². The summed E-state index contributed by atoms with van der Waals surface area (Å²) in [4.78, 5) is 46.4. The maximum Gasteiger partial charge on any atom is 0.115 e. The van der Waals surface area contributed by atoms with Crippen LogP contribution in [0.15, 0.2) is 245 Å². The van der Waals surface area contributed by atoms with E-state index in [2.05, 4.69) is 161 Å². The minimum atomic E-state index is 0.842. The van der Waals surface area contributed by atoms with E-state index in [0.29, 0.717) is 0 Å². The van der Waals surface area contributed by atoms with Gasteiger partial charge in [0.1, 0.15) is 25.3 Å². The molecule has 10 heteroatoms. The van der Waals surface area contributed by atoms with Gasteiger partial charge in [-0.2, -0.15) is 0 Å². The van der Waals surface area contributed by atoms with Gasteiger partial charge < -0.3 is 0 Å². The fourth-order valence-electron chi connectivity index (χ4n) is 9.86. The molecule has 0 aliphatic carbocycles. The Balaban J connectivity index is 1.21. The number of hydrogen-bond acceptors (Lipinski definition) is 10. The van der Waals surface area contributed by atoms with Crippen molar-refractivity contribution < 1.29 is 0 Å². The Hall–Kier alpha value is -10.1.